The highest BCUT2D eigenvalue weighted by atomic mass is 19.4. The molecule has 13 nitrogen and oxygen atoms in total. The van der Waals surface area contributed by atoms with Gasteiger partial charge in [0, 0.05) is 55.3 Å². The van der Waals surface area contributed by atoms with Gasteiger partial charge in [0.1, 0.15) is 11.3 Å². The van der Waals surface area contributed by atoms with Gasteiger partial charge in [-0.15, -0.1) is 0 Å². The number of nitrogens with zero attached hydrogens (tertiary/aromatic N) is 4. The first-order valence-electron chi connectivity index (χ1n) is 15.4. The molecule has 4 heterocycles. The summed E-state index contributed by atoms with van der Waals surface area (Å²) in [6.45, 7) is 4.64. The van der Waals surface area contributed by atoms with Crippen LogP contribution in [0.25, 0.3) is 44.9 Å². The number of carboxylic acids is 2. The summed E-state index contributed by atoms with van der Waals surface area (Å²) in [4.78, 5) is 46.5. The van der Waals surface area contributed by atoms with Crippen LogP contribution in [0.3, 0.4) is 0 Å². The van der Waals surface area contributed by atoms with Crippen LogP contribution in [0, 0.1) is 0 Å². The number of nitrogens with two attached hydrogens (primary N) is 1. The molecule has 19 heteroatoms. The number of nitrogen functional groups attached to an aromatic ring is 1. The summed E-state index contributed by atoms with van der Waals surface area (Å²) in [5, 5.41) is 17.3. The highest BCUT2D eigenvalue weighted by molar-refractivity contribution is 5.96. The lowest BCUT2D eigenvalue weighted by molar-refractivity contribution is -0.193. The third-order valence-corrected chi connectivity index (χ3v) is 7.27. The van der Waals surface area contributed by atoms with E-state index in [9.17, 15) is 31.1 Å². The maximum absolute atomic E-state index is 12.8. The second-order valence-corrected chi connectivity index (χ2v) is 10.9. The largest absolute Gasteiger partial charge is 0.490 e. The maximum Gasteiger partial charge on any atom is 0.490 e. The minimum Gasteiger partial charge on any atom is -0.475 e. The van der Waals surface area contributed by atoms with E-state index in [0.717, 1.165) is 55.2 Å². The number of para-hydroxylation sites is 1. The lowest BCUT2D eigenvalue weighted by Gasteiger charge is -2.26. The van der Waals surface area contributed by atoms with Crippen LogP contribution in [0.2, 0.25) is 0 Å². The van der Waals surface area contributed by atoms with Gasteiger partial charge in [-0.1, -0.05) is 24.3 Å². The fraction of sp³-hybridized carbons (Fsp3) is 0.235. The summed E-state index contributed by atoms with van der Waals surface area (Å²) in [5.74, 6) is -4.95. The predicted octanol–water partition coefficient (Wildman–Crippen LogP) is 5.53. The Labute approximate surface area is 296 Å². The number of hydrogen-bond donors (Lipinski definition) is 4. The number of fused-ring (bicyclic) bond motifs is 1. The number of pyridine rings is 2. The number of carboxylic acid groups (broad SMARTS) is 2. The van der Waals surface area contributed by atoms with Crippen LogP contribution in [0.15, 0.2) is 83.5 Å². The second-order valence-electron chi connectivity index (χ2n) is 10.9. The number of carbonyl (C=O) groups excluding carboxylic acids is 1. The number of anilines is 1. The van der Waals surface area contributed by atoms with E-state index < -0.39 is 24.3 Å². The molecule has 0 aliphatic carbocycles. The van der Waals surface area contributed by atoms with Crippen molar-refractivity contribution in [3.63, 3.8) is 0 Å². The van der Waals surface area contributed by atoms with Gasteiger partial charge in [-0.05, 0) is 48.0 Å². The fourth-order valence-electron chi connectivity index (χ4n) is 4.69. The first-order valence-corrected chi connectivity index (χ1v) is 15.4. The number of hydrogen-bond acceptors (Lipinski definition) is 10. The van der Waals surface area contributed by atoms with Crippen molar-refractivity contribution in [3.8, 4) is 33.8 Å². The first kappa shape index (κ1) is 39.7. The van der Waals surface area contributed by atoms with Gasteiger partial charge in [0.05, 0.1) is 24.5 Å². The summed E-state index contributed by atoms with van der Waals surface area (Å²) in [6.07, 6.45) is -6.73. The van der Waals surface area contributed by atoms with Gasteiger partial charge in [-0.3, -0.25) is 14.7 Å². The quantitative estimate of drug-likeness (QED) is 0.152. The summed E-state index contributed by atoms with van der Waals surface area (Å²) in [7, 11) is 0. The molecule has 1 aliphatic heterocycles. The Morgan fingerprint density at radius 1 is 0.830 bits per heavy atom. The average Bonchev–Trinajstić information content (AvgIpc) is 3.57. The van der Waals surface area contributed by atoms with Gasteiger partial charge in [0.25, 0.3) is 5.91 Å². The van der Waals surface area contributed by atoms with E-state index in [1.165, 1.54) is 0 Å². The number of alkyl halides is 6. The molecule has 3 aromatic heterocycles. The number of nitrogens with one attached hydrogen (secondary N) is 1. The Bertz CT molecular complexity index is 2010. The zero-order valence-electron chi connectivity index (χ0n) is 27.3. The molecule has 0 atom stereocenters. The topological polar surface area (TPSA) is 194 Å². The zero-order valence-corrected chi connectivity index (χ0v) is 27.3. The van der Waals surface area contributed by atoms with Crippen molar-refractivity contribution in [1.82, 2.24) is 25.2 Å². The molecule has 1 aliphatic rings. The van der Waals surface area contributed by atoms with Crippen molar-refractivity contribution >= 4 is 34.8 Å². The number of oxazole rings is 1. The van der Waals surface area contributed by atoms with E-state index >= 15 is 0 Å². The van der Waals surface area contributed by atoms with Gasteiger partial charge in [-0.25, -0.2) is 19.6 Å². The van der Waals surface area contributed by atoms with Crippen LogP contribution in [0.4, 0.5) is 32.2 Å². The number of aromatic nitrogens is 3. The standard InChI is InChI=1S/C30H28N6O3.2C2HF3O2/c31-28-24(30-35-26-9-4-7-23(27(26)39-30)25-8-1-2-10-32-25)18-22(19-34-28)20-5-3-6-21(17-20)29(37)33-11-12-36-13-15-38-16-14-36;2*3-2(4,5)1(6)7/h1-10,17-19H,11-16H2,(H2,31,34)(H,33,37);2*(H,6,7). The molecular weight excluding hydrogens is 718 g/mol. The van der Waals surface area contributed by atoms with Gasteiger partial charge < -0.3 is 30.4 Å². The van der Waals surface area contributed by atoms with E-state index in [-0.39, 0.29) is 5.91 Å². The molecule has 2 aromatic carbocycles. The van der Waals surface area contributed by atoms with Gasteiger partial charge in [-0.2, -0.15) is 26.3 Å². The average molecular weight is 749 g/mol. The Hall–Kier alpha value is -6.08. The number of rotatable bonds is 7. The van der Waals surface area contributed by atoms with E-state index in [4.69, 9.17) is 39.7 Å². The molecule has 0 radical (unpaired) electrons. The smallest absolute Gasteiger partial charge is 0.475 e. The third-order valence-electron chi connectivity index (χ3n) is 7.27. The first-order chi connectivity index (χ1) is 25.0. The van der Waals surface area contributed by atoms with Crippen molar-refractivity contribution in [2.75, 3.05) is 45.1 Å². The molecule has 5 aromatic rings. The minimum atomic E-state index is -5.08. The monoisotopic (exact) mass is 748 g/mol. The number of ether oxygens (including phenoxy) is 1. The molecular formula is C34H30F6N6O7. The fourth-order valence-corrected chi connectivity index (χ4v) is 4.69. The SMILES string of the molecule is Nc1ncc(-c2cccc(C(=O)NCCN3CCOCC3)c2)cc1-c1nc2cccc(-c3ccccn3)c2o1.O=C(O)C(F)(F)F.O=C(O)C(F)(F)F. The Kier molecular flexibility index (Phi) is 13.1. The van der Waals surface area contributed by atoms with Crippen LogP contribution < -0.4 is 11.1 Å². The molecule has 1 saturated heterocycles. The number of benzene rings is 2. The Morgan fingerprint density at radius 3 is 2.11 bits per heavy atom. The number of amides is 1. The normalized spacial score (nSPS) is 13.2. The molecule has 6 rings (SSSR count). The third kappa shape index (κ3) is 11.2. The van der Waals surface area contributed by atoms with Crippen molar-refractivity contribution in [1.29, 1.82) is 0 Å². The van der Waals surface area contributed by atoms with E-state index in [2.05, 4.69) is 20.2 Å². The van der Waals surface area contributed by atoms with Crippen LogP contribution in [-0.2, 0) is 14.3 Å². The minimum absolute atomic E-state index is 0.116. The van der Waals surface area contributed by atoms with E-state index in [1.807, 2.05) is 60.7 Å². The molecule has 53 heavy (non-hydrogen) atoms. The predicted molar refractivity (Wildman–Crippen MR) is 177 cm³/mol. The number of aliphatic carboxylic acids is 2. The summed E-state index contributed by atoms with van der Waals surface area (Å²) in [6, 6.07) is 20.9. The van der Waals surface area contributed by atoms with Crippen LogP contribution in [-0.4, -0.2) is 99.7 Å². The highest BCUT2D eigenvalue weighted by Gasteiger charge is 2.38. The van der Waals surface area contributed by atoms with Crippen LogP contribution in [0.1, 0.15) is 10.4 Å². The lowest BCUT2D eigenvalue weighted by Crippen LogP contribution is -2.41. The Morgan fingerprint density at radius 2 is 1.49 bits per heavy atom. The lowest BCUT2D eigenvalue weighted by atomic mass is 10.0. The molecule has 0 spiro atoms. The van der Waals surface area contributed by atoms with Gasteiger partial charge in [0.2, 0.25) is 5.89 Å². The Balaban J connectivity index is 0.000000381. The summed E-state index contributed by atoms with van der Waals surface area (Å²) < 4.78 is 75.1. The molecule has 1 fully saturated rings. The van der Waals surface area contributed by atoms with Crippen LogP contribution in [0.5, 0.6) is 0 Å². The zero-order chi connectivity index (χ0) is 38.8. The van der Waals surface area contributed by atoms with E-state index in [0.29, 0.717) is 40.5 Å². The van der Waals surface area contributed by atoms with Crippen molar-refractivity contribution in [3.05, 3.63) is 84.7 Å². The number of morpholine rings is 1. The van der Waals surface area contributed by atoms with Gasteiger partial charge >= 0.3 is 24.3 Å². The van der Waals surface area contributed by atoms with Crippen LogP contribution >= 0.6 is 0 Å². The molecule has 1 amide bonds. The maximum atomic E-state index is 12.8. The summed E-state index contributed by atoms with van der Waals surface area (Å²) in [5.41, 5.74) is 12.0. The number of halogens is 6. The van der Waals surface area contributed by atoms with Crippen molar-refractivity contribution < 1.29 is 60.1 Å². The molecule has 280 valence electrons. The second kappa shape index (κ2) is 17.4. The van der Waals surface area contributed by atoms with Crippen molar-refractivity contribution in [2.45, 2.75) is 12.4 Å². The molecule has 5 N–H and O–H groups in total. The summed E-state index contributed by atoms with van der Waals surface area (Å²) >= 11 is 0. The molecule has 0 unspecified atom stereocenters. The number of carbonyl (C=O) groups is 3. The highest BCUT2D eigenvalue weighted by Crippen LogP contribution is 2.35. The molecule has 0 saturated carbocycles. The van der Waals surface area contributed by atoms with E-state index in [1.54, 1.807) is 18.5 Å². The molecule has 0 bridgehead atoms. The van der Waals surface area contributed by atoms with Crippen molar-refractivity contribution in [2.24, 2.45) is 0 Å². The van der Waals surface area contributed by atoms with Gasteiger partial charge in [0.15, 0.2) is 5.58 Å².